The fourth-order valence-corrected chi connectivity index (χ4v) is 2.67. The molecule has 0 aliphatic carbocycles. The number of nitrogens with zero attached hydrogens (tertiary/aromatic N) is 4. The minimum absolute atomic E-state index is 0.0699. The zero-order chi connectivity index (χ0) is 18.8. The van der Waals surface area contributed by atoms with Gasteiger partial charge in [0.25, 0.3) is 0 Å². The Balaban J connectivity index is 1.64. The molecule has 2 aromatic heterocycles. The van der Waals surface area contributed by atoms with Crippen LogP contribution in [0.3, 0.4) is 0 Å². The van der Waals surface area contributed by atoms with E-state index in [9.17, 15) is 9.18 Å². The second kappa shape index (κ2) is 6.83. The van der Waals surface area contributed by atoms with Crippen LogP contribution in [0.15, 0.2) is 60.9 Å². The van der Waals surface area contributed by atoms with E-state index in [1.807, 2.05) is 30.3 Å². The molecule has 1 amide bonds. The van der Waals surface area contributed by atoms with Gasteiger partial charge in [-0.1, -0.05) is 42.5 Å². The Morgan fingerprint density at radius 2 is 1.85 bits per heavy atom. The van der Waals surface area contributed by atoms with Crippen molar-refractivity contribution < 1.29 is 9.18 Å². The standard InChI is InChI=1S/C19H15FN6O/c20-14-8-6-12(7-9-14)10-15(27)23-16-17(21)22-11-26-19(16)24-18(25-26)13-4-2-1-3-5-13/h1-9,11H,10,21H2,(H,23,27). The molecule has 4 rings (SSSR count). The second-order valence-electron chi connectivity index (χ2n) is 5.93. The Kier molecular flexibility index (Phi) is 4.21. The maximum Gasteiger partial charge on any atom is 0.228 e. The molecule has 0 saturated heterocycles. The SMILES string of the molecule is Nc1ncn2nc(-c3ccccc3)nc2c1NC(=O)Cc1ccc(F)cc1. The first kappa shape index (κ1) is 16.6. The van der Waals surface area contributed by atoms with Crippen molar-refractivity contribution in [2.45, 2.75) is 6.42 Å². The summed E-state index contributed by atoms with van der Waals surface area (Å²) in [7, 11) is 0. The van der Waals surface area contributed by atoms with Crippen LogP contribution in [-0.2, 0) is 11.2 Å². The van der Waals surface area contributed by atoms with Crippen molar-refractivity contribution in [3.63, 3.8) is 0 Å². The Bertz CT molecular complexity index is 1110. The molecule has 2 heterocycles. The van der Waals surface area contributed by atoms with E-state index >= 15 is 0 Å². The summed E-state index contributed by atoms with van der Waals surface area (Å²) in [5.41, 5.74) is 8.14. The molecule has 3 N–H and O–H groups in total. The molecule has 0 bridgehead atoms. The number of carbonyl (C=O) groups excluding carboxylic acids is 1. The van der Waals surface area contributed by atoms with Gasteiger partial charge in [0.1, 0.15) is 17.8 Å². The number of amides is 1. The number of hydrogen-bond donors (Lipinski definition) is 2. The summed E-state index contributed by atoms with van der Waals surface area (Å²) >= 11 is 0. The normalized spacial score (nSPS) is 10.9. The molecule has 2 aromatic carbocycles. The van der Waals surface area contributed by atoms with Gasteiger partial charge in [-0.05, 0) is 17.7 Å². The molecule has 0 saturated carbocycles. The number of carbonyl (C=O) groups is 1. The lowest BCUT2D eigenvalue weighted by atomic mass is 10.1. The zero-order valence-corrected chi connectivity index (χ0v) is 14.1. The molecule has 27 heavy (non-hydrogen) atoms. The third-order valence-corrected chi connectivity index (χ3v) is 3.99. The molecule has 4 aromatic rings. The lowest BCUT2D eigenvalue weighted by Gasteiger charge is -2.08. The van der Waals surface area contributed by atoms with Crippen molar-refractivity contribution in [2.24, 2.45) is 0 Å². The Hall–Kier alpha value is -3.81. The second-order valence-corrected chi connectivity index (χ2v) is 5.93. The number of anilines is 2. The van der Waals surface area contributed by atoms with Crippen LogP contribution in [0.2, 0.25) is 0 Å². The Morgan fingerprint density at radius 1 is 1.11 bits per heavy atom. The highest BCUT2D eigenvalue weighted by Gasteiger charge is 2.16. The topological polar surface area (TPSA) is 98.2 Å². The van der Waals surface area contributed by atoms with Gasteiger partial charge in [0.15, 0.2) is 17.3 Å². The van der Waals surface area contributed by atoms with Crippen LogP contribution < -0.4 is 11.1 Å². The third-order valence-electron chi connectivity index (χ3n) is 3.99. The van der Waals surface area contributed by atoms with Crippen molar-refractivity contribution >= 4 is 23.1 Å². The van der Waals surface area contributed by atoms with E-state index in [0.29, 0.717) is 22.7 Å². The smallest absolute Gasteiger partial charge is 0.228 e. The summed E-state index contributed by atoms with van der Waals surface area (Å²) in [6, 6.07) is 15.2. The molecule has 0 unspecified atom stereocenters. The number of benzene rings is 2. The van der Waals surface area contributed by atoms with Crippen molar-refractivity contribution in [1.29, 1.82) is 0 Å². The summed E-state index contributed by atoms with van der Waals surface area (Å²) in [5.74, 6) is -0.0271. The quantitative estimate of drug-likeness (QED) is 0.582. The van der Waals surface area contributed by atoms with Gasteiger partial charge in [-0.3, -0.25) is 4.79 Å². The van der Waals surface area contributed by atoms with Crippen LogP contribution in [0, 0.1) is 5.82 Å². The van der Waals surface area contributed by atoms with Gasteiger partial charge in [0.2, 0.25) is 5.91 Å². The summed E-state index contributed by atoms with van der Waals surface area (Å²) in [6.07, 6.45) is 1.51. The lowest BCUT2D eigenvalue weighted by Crippen LogP contribution is -2.17. The van der Waals surface area contributed by atoms with Crippen LogP contribution in [0.5, 0.6) is 0 Å². The number of hydrogen-bond acceptors (Lipinski definition) is 5. The largest absolute Gasteiger partial charge is 0.382 e. The molecule has 0 spiro atoms. The predicted octanol–water partition coefficient (Wildman–Crippen LogP) is 2.69. The van der Waals surface area contributed by atoms with Gasteiger partial charge in [-0.15, -0.1) is 5.10 Å². The van der Waals surface area contributed by atoms with Crippen molar-refractivity contribution in [3.05, 3.63) is 72.3 Å². The number of aromatic nitrogens is 4. The zero-order valence-electron chi connectivity index (χ0n) is 14.1. The van der Waals surface area contributed by atoms with Crippen LogP contribution in [0.4, 0.5) is 15.9 Å². The minimum atomic E-state index is -0.353. The van der Waals surface area contributed by atoms with Gasteiger partial charge in [0.05, 0.1) is 6.42 Å². The minimum Gasteiger partial charge on any atom is -0.382 e. The fourth-order valence-electron chi connectivity index (χ4n) is 2.67. The Morgan fingerprint density at radius 3 is 2.59 bits per heavy atom. The number of nitrogens with two attached hydrogens (primary N) is 1. The van der Waals surface area contributed by atoms with E-state index in [2.05, 4.69) is 20.4 Å². The highest BCUT2D eigenvalue weighted by molar-refractivity contribution is 5.98. The Labute approximate surface area is 153 Å². The molecule has 0 fully saturated rings. The van der Waals surface area contributed by atoms with Gasteiger partial charge in [-0.25, -0.2) is 14.4 Å². The molecule has 134 valence electrons. The van der Waals surface area contributed by atoms with Crippen molar-refractivity contribution in [3.8, 4) is 11.4 Å². The first-order valence-electron chi connectivity index (χ1n) is 8.21. The van der Waals surface area contributed by atoms with Crippen molar-refractivity contribution in [2.75, 3.05) is 11.1 Å². The van der Waals surface area contributed by atoms with E-state index in [4.69, 9.17) is 5.73 Å². The van der Waals surface area contributed by atoms with Crippen LogP contribution in [-0.4, -0.2) is 25.5 Å². The fraction of sp³-hybridized carbons (Fsp3) is 0.0526. The van der Waals surface area contributed by atoms with Crippen molar-refractivity contribution in [1.82, 2.24) is 19.6 Å². The number of nitrogens with one attached hydrogen (secondary N) is 1. The molecule has 0 aliphatic heterocycles. The highest BCUT2D eigenvalue weighted by Crippen LogP contribution is 2.24. The summed E-state index contributed by atoms with van der Waals surface area (Å²) in [4.78, 5) is 20.9. The van der Waals surface area contributed by atoms with E-state index in [1.165, 1.54) is 23.0 Å². The molecular formula is C19H15FN6O. The van der Waals surface area contributed by atoms with Crippen LogP contribution >= 0.6 is 0 Å². The van der Waals surface area contributed by atoms with E-state index in [-0.39, 0.29) is 24.0 Å². The average Bonchev–Trinajstić information content (AvgIpc) is 3.11. The first-order valence-corrected chi connectivity index (χ1v) is 8.21. The molecule has 0 aliphatic rings. The summed E-state index contributed by atoms with van der Waals surface area (Å²) < 4.78 is 14.5. The van der Waals surface area contributed by atoms with Gasteiger partial charge in [0, 0.05) is 5.56 Å². The molecule has 8 heteroatoms. The predicted molar refractivity (Wildman–Crippen MR) is 99.4 cm³/mol. The number of halogens is 1. The highest BCUT2D eigenvalue weighted by atomic mass is 19.1. The molecular weight excluding hydrogens is 347 g/mol. The number of rotatable bonds is 4. The van der Waals surface area contributed by atoms with Gasteiger partial charge in [-0.2, -0.15) is 4.52 Å². The van der Waals surface area contributed by atoms with Gasteiger partial charge < -0.3 is 11.1 Å². The molecule has 0 atom stereocenters. The third kappa shape index (κ3) is 3.45. The van der Waals surface area contributed by atoms with Crippen LogP contribution in [0.1, 0.15) is 5.56 Å². The number of fused-ring (bicyclic) bond motifs is 1. The summed E-state index contributed by atoms with van der Waals surface area (Å²) in [6.45, 7) is 0. The summed E-state index contributed by atoms with van der Waals surface area (Å²) in [5, 5.41) is 7.12. The maximum atomic E-state index is 13.0. The van der Waals surface area contributed by atoms with Gasteiger partial charge >= 0.3 is 0 Å². The maximum absolute atomic E-state index is 13.0. The molecule has 0 radical (unpaired) electrons. The van der Waals surface area contributed by atoms with E-state index in [0.717, 1.165) is 5.56 Å². The lowest BCUT2D eigenvalue weighted by molar-refractivity contribution is -0.115. The molecule has 7 nitrogen and oxygen atoms in total. The first-order chi connectivity index (χ1) is 13.1. The monoisotopic (exact) mass is 362 g/mol. The van der Waals surface area contributed by atoms with E-state index in [1.54, 1.807) is 12.1 Å². The van der Waals surface area contributed by atoms with Crippen LogP contribution in [0.25, 0.3) is 17.0 Å². The van der Waals surface area contributed by atoms with E-state index < -0.39 is 0 Å². The average molecular weight is 362 g/mol. The number of nitrogen functional groups attached to an aromatic ring is 1.